The van der Waals surface area contributed by atoms with Crippen LogP contribution in [0, 0.1) is 18.7 Å². The van der Waals surface area contributed by atoms with Gasteiger partial charge in [0.15, 0.2) is 0 Å². The molecule has 5 heteroatoms. The van der Waals surface area contributed by atoms with Crippen LogP contribution >= 0.6 is 0 Å². The molecule has 0 bridgehead atoms. The van der Waals surface area contributed by atoms with E-state index in [1.54, 1.807) is 13.0 Å². The third-order valence-corrected chi connectivity index (χ3v) is 7.33. The summed E-state index contributed by atoms with van der Waals surface area (Å²) in [6.07, 6.45) is 4.49. The second-order valence-electron chi connectivity index (χ2n) is 10.9. The number of carbonyl (C=O) groups is 1. The summed E-state index contributed by atoms with van der Waals surface area (Å²) in [5, 5.41) is 7.36. The molecule has 1 N–H and O–H groups in total. The van der Waals surface area contributed by atoms with Gasteiger partial charge < -0.3 is 10.2 Å². The van der Waals surface area contributed by atoms with Gasteiger partial charge in [0.25, 0.3) is 5.91 Å². The first-order chi connectivity index (χ1) is 19.7. The zero-order valence-electron chi connectivity index (χ0n) is 25.5. The van der Waals surface area contributed by atoms with Gasteiger partial charge in [0, 0.05) is 12.1 Å². The third-order valence-electron chi connectivity index (χ3n) is 7.33. The van der Waals surface area contributed by atoms with Gasteiger partial charge in [-0.1, -0.05) is 92.5 Å². The predicted molar refractivity (Wildman–Crippen MR) is 168 cm³/mol. The van der Waals surface area contributed by atoms with E-state index in [0.717, 1.165) is 71.2 Å². The van der Waals surface area contributed by atoms with Crippen molar-refractivity contribution in [3.63, 3.8) is 0 Å². The Balaban J connectivity index is 2.04. The van der Waals surface area contributed by atoms with Gasteiger partial charge in [-0.3, -0.25) is 4.79 Å². The monoisotopic (exact) mass is 556 g/mol. The number of benzene rings is 3. The number of hydrogen-bond acceptors (Lipinski definition) is 3. The molecule has 1 amide bonds. The highest BCUT2D eigenvalue weighted by Crippen LogP contribution is 2.32. The van der Waals surface area contributed by atoms with E-state index in [9.17, 15) is 9.18 Å². The molecule has 0 aliphatic carbocycles. The van der Waals surface area contributed by atoms with Gasteiger partial charge in [0.05, 0.1) is 5.71 Å². The minimum atomic E-state index is -0.262. The lowest BCUT2D eigenvalue weighted by molar-refractivity contribution is -0.115. The Morgan fingerprint density at radius 1 is 0.976 bits per heavy atom. The first kappa shape index (κ1) is 31.8. The summed E-state index contributed by atoms with van der Waals surface area (Å²) < 4.78 is 14.2. The van der Waals surface area contributed by atoms with Gasteiger partial charge in [0.2, 0.25) is 0 Å². The molecule has 0 atom stereocenters. The number of rotatable bonds is 14. The SMILES string of the molecule is CCC/C(=C(/C(=O)NCc1ccc(C)c(F)c1)c1ccc(/C(C)=N/OCC)cc1CCCc1ccccc1)C(C)C. The minimum Gasteiger partial charge on any atom is -0.396 e. The second-order valence-corrected chi connectivity index (χ2v) is 10.9. The van der Waals surface area contributed by atoms with Crippen molar-refractivity contribution in [1.29, 1.82) is 0 Å². The normalized spacial score (nSPS) is 12.3. The molecule has 4 nitrogen and oxygen atoms in total. The Labute approximate surface area is 245 Å². The zero-order valence-corrected chi connectivity index (χ0v) is 25.5. The van der Waals surface area contributed by atoms with E-state index in [1.807, 2.05) is 32.0 Å². The van der Waals surface area contributed by atoms with E-state index in [2.05, 4.69) is 67.6 Å². The number of oxime groups is 1. The maximum Gasteiger partial charge on any atom is 0.252 e. The summed E-state index contributed by atoms with van der Waals surface area (Å²) >= 11 is 0. The highest BCUT2D eigenvalue weighted by molar-refractivity contribution is 6.21. The Morgan fingerprint density at radius 3 is 2.39 bits per heavy atom. The fraction of sp³-hybridized carbons (Fsp3) is 0.389. The van der Waals surface area contributed by atoms with Crippen LogP contribution < -0.4 is 5.32 Å². The van der Waals surface area contributed by atoms with Crippen molar-refractivity contribution >= 4 is 17.2 Å². The number of amides is 1. The number of nitrogens with zero attached hydrogens (tertiary/aromatic N) is 1. The van der Waals surface area contributed by atoms with Crippen LogP contribution in [-0.2, 0) is 29.0 Å². The van der Waals surface area contributed by atoms with Crippen LogP contribution in [0.15, 0.2) is 77.5 Å². The van der Waals surface area contributed by atoms with Crippen molar-refractivity contribution in [3.8, 4) is 0 Å². The van der Waals surface area contributed by atoms with Gasteiger partial charge in [-0.05, 0) is 97.9 Å². The quantitative estimate of drug-likeness (QED) is 0.123. The van der Waals surface area contributed by atoms with Crippen LogP contribution in [0.25, 0.3) is 5.57 Å². The molecule has 0 aliphatic heterocycles. The van der Waals surface area contributed by atoms with Crippen LogP contribution in [0.2, 0.25) is 0 Å². The molecule has 0 radical (unpaired) electrons. The fourth-order valence-electron chi connectivity index (χ4n) is 5.04. The molecule has 3 rings (SSSR count). The zero-order chi connectivity index (χ0) is 29.8. The summed E-state index contributed by atoms with van der Waals surface area (Å²) in [5.41, 5.74) is 8.35. The van der Waals surface area contributed by atoms with E-state index in [1.165, 1.54) is 11.6 Å². The first-order valence-electron chi connectivity index (χ1n) is 14.9. The van der Waals surface area contributed by atoms with Gasteiger partial charge in [-0.25, -0.2) is 4.39 Å². The third kappa shape index (κ3) is 9.14. The number of carbonyl (C=O) groups excluding carboxylic acids is 1. The summed E-state index contributed by atoms with van der Waals surface area (Å²) in [6.45, 7) is 12.8. The molecule has 0 unspecified atom stereocenters. The average molecular weight is 557 g/mol. The molecule has 3 aromatic carbocycles. The Bertz CT molecular complexity index is 1360. The predicted octanol–water partition coefficient (Wildman–Crippen LogP) is 8.60. The summed E-state index contributed by atoms with van der Waals surface area (Å²) in [4.78, 5) is 19.3. The highest BCUT2D eigenvalue weighted by atomic mass is 19.1. The average Bonchev–Trinajstić information content (AvgIpc) is 2.97. The van der Waals surface area contributed by atoms with Crippen molar-refractivity contribution in [2.75, 3.05) is 6.61 Å². The van der Waals surface area contributed by atoms with Crippen molar-refractivity contribution in [2.45, 2.75) is 80.2 Å². The Hall–Kier alpha value is -3.73. The lowest BCUT2D eigenvalue weighted by Crippen LogP contribution is -2.26. The first-order valence-corrected chi connectivity index (χ1v) is 14.9. The molecule has 0 fully saturated rings. The summed E-state index contributed by atoms with van der Waals surface area (Å²) in [5.74, 6) is -0.188. The molecular formula is C36H45FN2O2. The number of allylic oxidation sites excluding steroid dienone is 1. The minimum absolute atomic E-state index is 0.125. The van der Waals surface area contributed by atoms with E-state index < -0.39 is 0 Å². The Morgan fingerprint density at radius 2 is 1.73 bits per heavy atom. The number of nitrogens with one attached hydrogen (secondary N) is 1. The standard InChI is InChI=1S/C36H45FN2O2/c1-7-13-32(25(3)4)35(36(40)38-24-29-19-18-26(5)34(37)22-29)33-21-20-30(27(6)39-41-8-2)23-31(33)17-12-16-28-14-10-9-11-15-28/h9-11,14-15,18-23,25H,7-8,12-13,16-17,24H2,1-6H3,(H,38,40)/b35-32-,39-27+. The van der Waals surface area contributed by atoms with Crippen LogP contribution in [0.5, 0.6) is 0 Å². The molecule has 0 heterocycles. The van der Waals surface area contributed by atoms with E-state index in [4.69, 9.17) is 4.84 Å². The van der Waals surface area contributed by atoms with Gasteiger partial charge in [0.1, 0.15) is 12.4 Å². The van der Waals surface area contributed by atoms with Gasteiger partial charge in [-0.2, -0.15) is 0 Å². The van der Waals surface area contributed by atoms with Crippen LogP contribution in [0.3, 0.4) is 0 Å². The van der Waals surface area contributed by atoms with E-state index in [-0.39, 0.29) is 24.2 Å². The van der Waals surface area contributed by atoms with Gasteiger partial charge in [-0.15, -0.1) is 0 Å². The number of aryl methyl sites for hydroxylation is 3. The molecule has 0 aliphatic rings. The van der Waals surface area contributed by atoms with Crippen molar-refractivity contribution in [1.82, 2.24) is 5.32 Å². The number of hydrogen-bond donors (Lipinski definition) is 1. The van der Waals surface area contributed by atoms with E-state index in [0.29, 0.717) is 12.2 Å². The molecule has 41 heavy (non-hydrogen) atoms. The molecule has 3 aromatic rings. The number of halogens is 1. The van der Waals surface area contributed by atoms with Crippen molar-refractivity contribution in [3.05, 3.63) is 112 Å². The molecule has 0 spiro atoms. The molecule has 218 valence electrons. The molecular weight excluding hydrogens is 511 g/mol. The lowest BCUT2D eigenvalue weighted by Gasteiger charge is -2.21. The maximum absolute atomic E-state index is 14.2. The summed E-state index contributed by atoms with van der Waals surface area (Å²) in [6, 6.07) is 21.8. The second kappa shape index (κ2) is 15.9. The fourth-order valence-corrected chi connectivity index (χ4v) is 5.04. The lowest BCUT2D eigenvalue weighted by atomic mass is 9.85. The van der Waals surface area contributed by atoms with E-state index >= 15 is 0 Å². The smallest absolute Gasteiger partial charge is 0.252 e. The largest absolute Gasteiger partial charge is 0.396 e. The van der Waals surface area contributed by atoms with Crippen molar-refractivity contribution < 1.29 is 14.0 Å². The highest BCUT2D eigenvalue weighted by Gasteiger charge is 2.22. The maximum atomic E-state index is 14.2. The molecule has 0 aromatic heterocycles. The van der Waals surface area contributed by atoms with Crippen LogP contribution in [0.4, 0.5) is 4.39 Å². The van der Waals surface area contributed by atoms with Crippen molar-refractivity contribution in [2.24, 2.45) is 11.1 Å². The van der Waals surface area contributed by atoms with Crippen LogP contribution in [0.1, 0.15) is 87.3 Å². The van der Waals surface area contributed by atoms with Crippen LogP contribution in [-0.4, -0.2) is 18.2 Å². The summed E-state index contributed by atoms with van der Waals surface area (Å²) in [7, 11) is 0. The van der Waals surface area contributed by atoms with Gasteiger partial charge >= 0.3 is 0 Å². The molecule has 0 saturated carbocycles. The topological polar surface area (TPSA) is 50.7 Å². The Kier molecular flexibility index (Phi) is 12.3. The molecule has 0 saturated heterocycles.